The van der Waals surface area contributed by atoms with E-state index in [1.807, 2.05) is 69.6 Å². The van der Waals surface area contributed by atoms with Gasteiger partial charge in [-0.1, -0.05) is 108 Å². The monoisotopic (exact) mass is 1080 g/mol. The van der Waals surface area contributed by atoms with E-state index >= 15 is 0 Å². The summed E-state index contributed by atoms with van der Waals surface area (Å²) in [5, 5.41) is 27.2. The SMILES string of the molecule is Cc1ncsc1-c1ccc(CNC(=O)C2CC(O)CN2C(=O)C(NC(=O)CCCNC(=O)CCCCCCCCCCC(=O)N2CCN(C(=O)c3cc(Cc4n[nH]c(=O)c5ccccc45)ccc3F)CC2)C(C)(C)C)cc1. The average molecular weight is 1080 g/mol. The number of unbranched alkanes of at least 4 members (excludes halogenated alkanes) is 7. The zero-order valence-corrected chi connectivity index (χ0v) is 45.7. The third-order valence-corrected chi connectivity index (χ3v) is 15.5. The van der Waals surface area contributed by atoms with Crippen molar-refractivity contribution in [2.45, 2.75) is 142 Å². The summed E-state index contributed by atoms with van der Waals surface area (Å²) in [6.45, 7) is 9.45. The van der Waals surface area contributed by atoms with Gasteiger partial charge in [0.1, 0.15) is 17.9 Å². The third-order valence-electron chi connectivity index (χ3n) is 14.5. The van der Waals surface area contributed by atoms with Gasteiger partial charge in [0.25, 0.3) is 11.5 Å². The molecule has 2 fully saturated rings. The second-order valence-corrected chi connectivity index (χ2v) is 22.3. The van der Waals surface area contributed by atoms with Crippen LogP contribution in [0.3, 0.4) is 0 Å². The highest BCUT2D eigenvalue weighted by Crippen LogP contribution is 2.29. The Balaban J connectivity index is 0.708. The maximum atomic E-state index is 15.0. The van der Waals surface area contributed by atoms with Crippen molar-refractivity contribution >= 4 is 57.6 Å². The number of amides is 6. The number of piperazine rings is 1. The molecule has 2 saturated heterocycles. The van der Waals surface area contributed by atoms with Crippen LogP contribution in [-0.4, -0.2) is 128 Å². The first kappa shape index (κ1) is 57.8. The van der Waals surface area contributed by atoms with Crippen molar-refractivity contribution in [3.63, 3.8) is 0 Å². The number of carbonyl (C=O) groups is 6. The molecule has 3 atom stereocenters. The molecule has 3 aromatic carbocycles. The van der Waals surface area contributed by atoms with Crippen LogP contribution in [0.4, 0.5) is 4.39 Å². The predicted octanol–water partition coefficient (Wildman–Crippen LogP) is 6.98. The molecule has 2 aliphatic heterocycles. The fourth-order valence-corrected chi connectivity index (χ4v) is 10.8. The molecule has 6 amide bonds. The molecule has 412 valence electrons. The van der Waals surface area contributed by atoms with E-state index in [1.165, 1.54) is 11.0 Å². The van der Waals surface area contributed by atoms with Crippen LogP contribution in [0.5, 0.6) is 0 Å². The van der Waals surface area contributed by atoms with E-state index < -0.39 is 41.2 Å². The Labute approximate surface area is 453 Å². The highest BCUT2D eigenvalue weighted by molar-refractivity contribution is 7.13. The maximum absolute atomic E-state index is 15.0. The quantitative estimate of drug-likeness (QED) is 0.0399. The Bertz CT molecular complexity index is 2910. The van der Waals surface area contributed by atoms with Crippen molar-refractivity contribution in [2.24, 2.45) is 5.41 Å². The molecule has 0 spiro atoms. The molecule has 0 saturated carbocycles. The number of aromatic amines is 1. The molecule has 7 rings (SSSR count). The number of H-pyrrole nitrogens is 1. The summed E-state index contributed by atoms with van der Waals surface area (Å²) in [5.74, 6) is -2.19. The van der Waals surface area contributed by atoms with Crippen LogP contribution in [0, 0.1) is 18.2 Å². The molecule has 2 aromatic heterocycles. The van der Waals surface area contributed by atoms with Crippen LogP contribution >= 0.6 is 11.3 Å². The van der Waals surface area contributed by atoms with Gasteiger partial charge in [-0.2, -0.15) is 5.10 Å². The number of benzene rings is 3. The normalized spacial score (nSPS) is 16.1. The lowest BCUT2D eigenvalue weighted by atomic mass is 9.85. The van der Waals surface area contributed by atoms with Gasteiger partial charge in [0, 0.05) is 83.3 Å². The lowest BCUT2D eigenvalue weighted by Crippen LogP contribution is -2.57. The maximum Gasteiger partial charge on any atom is 0.272 e. The third kappa shape index (κ3) is 16.1. The molecule has 2 aliphatic rings. The summed E-state index contributed by atoms with van der Waals surface area (Å²) in [6.07, 6.45) is 8.35. The second kappa shape index (κ2) is 27.5. The standard InChI is InChI=1S/C58H74FN9O8S/c1-38-52(77-37-62-38)41-24-21-39(22-25-41)35-61-55(74)48-34-42(69)36-68(48)57(76)53(58(2,3)4)63-50(71)19-15-27-60-49(70)18-11-9-7-5-6-8-10-12-20-51(72)66-28-30-67(31-29-66)56(75)45-32-40(23-26-46(45)59)33-47-43-16-13-14-17-44(43)54(73)65-64-47/h13-14,16-17,21-26,32,37,42,48,53,69H,5-12,15,18-20,27-31,33-36H2,1-4H3,(H,60,70)(H,61,74)(H,63,71)(H,65,73). The molecule has 17 nitrogen and oxygen atoms in total. The highest BCUT2D eigenvalue weighted by atomic mass is 32.1. The van der Waals surface area contributed by atoms with Gasteiger partial charge in [-0.3, -0.25) is 33.6 Å². The van der Waals surface area contributed by atoms with Gasteiger partial charge >= 0.3 is 0 Å². The molecular weight excluding hydrogens is 1000 g/mol. The van der Waals surface area contributed by atoms with Gasteiger partial charge in [0.15, 0.2) is 0 Å². The van der Waals surface area contributed by atoms with Crippen molar-refractivity contribution in [3.05, 3.63) is 116 Å². The van der Waals surface area contributed by atoms with Crippen molar-refractivity contribution in [1.29, 1.82) is 0 Å². The number of thiazole rings is 1. The van der Waals surface area contributed by atoms with Crippen molar-refractivity contribution in [1.82, 2.24) is 45.8 Å². The van der Waals surface area contributed by atoms with E-state index in [4.69, 9.17) is 0 Å². The Morgan fingerprint density at radius 1 is 0.792 bits per heavy atom. The molecule has 0 bridgehead atoms. The number of likely N-dealkylation sites (tertiary alicyclic amines) is 1. The molecule has 19 heteroatoms. The first-order valence-corrected chi connectivity index (χ1v) is 28.0. The molecule has 77 heavy (non-hydrogen) atoms. The van der Waals surface area contributed by atoms with E-state index in [9.17, 15) is 43.1 Å². The number of fused-ring (bicyclic) bond motifs is 1. The predicted molar refractivity (Wildman–Crippen MR) is 294 cm³/mol. The zero-order chi connectivity index (χ0) is 55.1. The number of hydrogen-bond acceptors (Lipinski definition) is 11. The Morgan fingerprint density at radius 3 is 2.10 bits per heavy atom. The smallest absolute Gasteiger partial charge is 0.272 e. The zero-order valence-electron chi connectivity index (χ0n) is 44.8. The number of rotatable bonds is 24. The van der Waals surface area contributed by atoms with Crippen LogP contribution in [0.1, 0.15) is 137 Å². The fraction of sp³-hybridized carbons (Fsp3) is 0.500. The number of β-amino-alcohol motifs (C(OH)–C–C–N with tert-alkyl or cyclic N) is 1. The topological polar surface area (TPSA) is 227 Å². The van der Waals surface area contributed by atoms with Gasteiger partial charge in [-0.15, -0.1) is 11.3 Å². The number of nitrogens with zero attached hydrogens (tertiary/aromatic N) is 5. The molecule has 5 N–H and O–H groups in total. The molecule has 0 aliphatic carbocycles. The van der Waals surface area contributed by atoms with Gasteiger partial charge in [0.05, 0.1) is 38.8 Å². The number of hydrogen-bond donors (Lipinski definition) is 5. The minimum Gasteiger partial charge on any atom is -0.391 e. The lowest BCUT2D eigenvalue weighted by molar-refractivity contribution is -0.144. The highest BCUT2D eigenvalue weighted by Gasteiger charge is 2.44. The number of carbonyl (C=O) groups excluding carboxylic acids is 6. The summed E-state index contributed by atoms with van der Waals surface area (Å²) < 4.78 is 15.0. The fourth-order valence-electron chi connectivity index (χ4n) is 10.0. The summed E-state index contributed by atoms with van der Waals surface area (Å²) in [6, 6.07) is 17.6. The largest absolute Gasteiger partial charge is 0.391 e. The van der Waals surface area contributed by atoms with E-state index in [2.05, 4.69) is 31.1 Å². The summed E-state index contributed by atoms with van der Waals surface area (Å²) in [4.78, 5) is 102. The van der Waals surface area contributed by atoms with Crippen molar-refractivity contribution in [3.8, 4) is 10.4 Å². The van der Waals surface area contributed by atoms with Crippen molar-refractivity contribution < 1.29 is 38.3 Å². The number of halogens is 1. The lowest BCUT2D eigenvalue weighted by Gasteiger charge is -2.35. The first-order chi connectivity index (χ1) is 37.0. The van der Waals surface area contributed by atoms with Gasteiger partial charge < -0.3 is 35.8 Å². The first-order valence-electron chi connectivity index (χ1n) is 27.1. The van der Waals surface area contributed by atoms with Gasteiger partial charge in [-0.25, -0.2) is 14.5 Å². The minimum absolute atomic E-state index is 0.0158. The van der Waals surface area contributed by atoms with Crippen LogP contribution in [0.2, 0.25) is 0 Å². The Hall–Kier alpha value is -6.86. The number of aryl methyl sites for hydroxylation is 1. The summed E-state index contributed by atoms with van der Waals surface area (Å²) in [7, 11) is 0. The van der Waals surface area contributed by atoms with Crippen LogP contribution < -0.4 is 21.5 Å². The summed E-state index contributed by atoms with van der Waals surface area (Å²) in [5.41, 5.74) is 4.99. The molecule has 3 unspecified atom stereocenters. The van der Waals surface area contributed by atoms with Gasteiger partial charge in [0.2, 0.25) is 29.5 Å². The number of aliphatic hydroxyl groups is 1. The van der Waals surface area contributed by atoms with Gasteiger partial charge in [-0.05, 0) is 66.5 Å². The van der Waals surface area contributed by atoms with Crippen LogP contribution in [-0.2, 0) is 36.9 Å². The minimum atomic E-state index is -0.938. The van der Waals surface area contributed by atoms with E-state index in [0.717, 1.165) is 73.1 Å². The number of aromatic nitrogens is 3. The number of aliphatic hydroxyl groups excluding tert-OH is 1. The van der Waals surface area contributed by atoms with Crippen LogP contribution in [0.25, 0.3) is 21.2 Å². The number of nitrogens with one attached hydrogen (secondary N) is 4. The molecule has 0 radical (unpaired) electrons. The van der Waals surface area contributed by atoms with E-state index in [-0.39, 0.29) is 60.7 Å². The molecule has 5 aromatic rings. The summed E-state index contributed by atoms with van der Waals surface area (Å²) >= 11 is 1.57. The Morgan fingerprint density at radius 2 is 1.43 bits per heavy atom. The van der Waals surface area contributed by atoms with Crippen molar-refractivity contribution in [2.75, 3.05) is 39.3 Å². The average Bonchev–Trinajstić information content (AvgIpc) is 4.05. The Kier molecular flexibility index (Phi) is 20.6. The molecular formula is C58H74FN9O8S. The second-order valence-electron chi connectivity index (χ2n) is 21.4. The van der Waals surface area contributed by atoms with E-state index in [1.54, 1.807) is 45.4 Å². The van der Waals surface area contributed by atoms with Crippen LogP contribution in [0.15, 0.2) is 77.0 Å². The molecule has 4 heterocycles. The van der Waals surface area contributed by atoms with E-state index in [0.29, 0.717) is 80.4 Å².